The Hall–Kier alpha value is -4.68. The average Bonchev–Trinajstić information content (AvgIpc) is 3.13. The lowest BCUT2D eigenvalue weighted by atomic mass is 10.0. The summed E-state index contributed by atoms with van der Waals surface area (Å²) >= 11 is 1.67. The number of urea groups is 1. The Labute approximate surface area is 290 Å². The zero-order chi connectivity index (χ0) is 34.6. The molecule has 0 bridgehead atoms. The van der Waals surface area contributed by atoms with Gasteiger partial charge in [-0.15, -0.1) is 11.8 Å². The maximum Gasteiger partial charge on any atom is 0.328 e. The third kappa shape index (κ3) is 10.7. The Morgan fingerprint density at radius 1 is 0.857 bits per heavy atom. The van der Waals surface area contributed by atoms with Gasteiger partial charge >= 0.3 is 12.0 Å². The molecular formula is C38H41N3O7S. The number of carbonyl (C=O) groups excluding carboxylic acids is 3. The standard InChI is InChI=1S/C38H41N3O7S/c1-25(43)40-31-16-18-33(19-17-31)49-24-32-21-35(29-12-10-28(23-42)11-13-29)48-37(47-32)30-14-8-27(9-15-30)22-39-38(45)41-34(36(44)46-2)20-26-6-4-3-5-7-26/h3-19,32,34-35,37,42H,20-24H2,1-2H3,(H,40,43)(H2,39,41,45). The molecule has 0 radical (unpaired) electrons. The van der Waals surface area contributed by atoms with Gasteiger partial charge in [-0.1, -0.05) is 78.9 Å². The smallest absolute Gasteiger partial charge is 0.328 e. The van der Waals surface area contributed by atoms with E-state index in [0.29, 0.717) is 18.6 Å². The number of nitrogens with one attached hydrogen (secondary N) is 3. The minimum absolute atomic E-state index is 0.0278. The molecule has 11 heteroatoms. The minimum Gasteiger partial charge on any atom is -0.467 e. The Bertz CT molecular complexity index is 1670. The first-order chi connectivity index (χ1) is 23.8. The van der Waals surface area contributed by atoms with E-state index in [-0.39, 0.29) is 31.3 Å². The zero-order valence-corrected chi connectivity index (χ0v) is 28.3. The van der Waals surface area contributed by atoms with Crippen LogP contribution in [0.3, 0.4) is 0 Å². The molecule has 4 N–H and O–H groups in total. The van der Waals surface area contributed by atoms with E-state index in [4.69, 9.17) is 14.2 Å². The fourth-order valence-corrected chi connectivity index (χ4v) is 6.34. The molecule has 4 aromatic carbocycles. The molecule has 49 heavy (non-hydrogen) atoms. The van der Waals surface area contributed by atoms with Gasteiger partial charge in [0.15, 0.2) is 6.29 Å². The van der Waals surface area contributed by atoms with Crippen molar-refractivity contribution in [3.63, 3.8) is 0 Å². The number of hydrogen-bond acceptors (Lipinski definition) is 8. The van der Waals surface area contributed by atoms with Crippen LogP contribution in [0.1, 0.15) is 53.6 Å². The lowest BCUT2D eigenvalue weighted by Gasteiger charge is -2.36. The van der Waals surface area contributed by atoms with Crippen LogP contribution in [0.25, 0.3) is 0 Å². The van der Waals surface area contributed by atoms with Crippen molar-refractivity contribution in [3.8, 4) is 0 Å². The molecule has 3 amide bonds. The van der Waals surface area contributed by atoms with E-state index in [1.807, 2.05) is 103 Å². The van der Waals surface area contributed by atoms with E-state index in [1.54, 1.807) is 11.8 Å². The van der Waals surface area contributed by atoms with E-state index < -0.39 is 24.3 Å². The highest BCUT2D eigenvalue weighted by molar-refractivity contribution is 7.99. The van der Waals surface area contributed by atoms with Crippen molar-refractivity contribution in [1.82, 2.24) is 10.6 Å². The Balaban J connectivity index is 1.21. The normalized spacial score (nSPS) is 17.8. The fourth-order valence-electron chi connectivity index (χ4n) is 5.42. The predicted molar refractivity (Wildman–Crippen MR) is 188 cm³/mol. The number of thioether (sulfide) groups is 1. The summed E-state index contributed by atoms with van der Waals surface area (Å²) in [5.41, 5.74) is 5.19. The van der Waals surface area contributed by atoms with Crippen molar-refractivity contribution in [2.45, 2.75) is 62.4 Å². The number of methoxy groups -OCH3 is 1. The molecule has 0 spiro atoms. The second kappa shape index (κ2) is 17.6. The number of aliphatic hydroxyl groups is 1. The molecule has 10 nitrogen and oxygen atoms in total. The van der Waals surface area contributed by atoms with Crippen molar-refractivity contribution in [3.05, 3.63) is 131 Å². The van der Waals surface area contributed by atoms with Crippen molar-refractivity contribution in [1.29, 1.82) is 0 Å². The van der Waals surface area contributed by atoms with Crippen molar-refractivity contribution < 1.29 is 33.7 Å². The first kappa shape index (κ1) is 35.6. The minimum atomic E-state index is -0.822. The first-order valence-corrected chi connectivity index (χ1v) is 17.0. The van der Waals surface area contributed by atoms with Gasteiger partial charge in [0.25, 0.3) is 0 Å². The molecule has 0 aromatic heterocycles. The number of hydrogen-bond donors (Lipinski definition) is 4. The van der Waals surface area contributed by atoms with E-state index in [0.717, 1.165) is 38.4 Å². The fraction of sp³-hybridized carbons (Fsp3) is 0.289. The van der Waals surface area contributed by atoms with Crippen LogP contribution >= 0.6 is 11.8 Å². The van der Waals surface area contributed by atoms with Crippen LogP contribution in [0.4, 0.5) is 10.5 Å². The molecule has 5 rings (SSSR count). The predicted octanol–water partition coefficient (Wildman–Crippen LogP) is 6.06. The number of carbonyl (C=O) groups is 3. The molecule has 1 fully saturated rings. The highest BCUT2D eigenvalue weighted by Crippen LogP contribution is 2.39. The third-order valence-corrected chi connectivity index (χ3v) is 9.15. The van der Waals surface area contributed by atoms with Crippen LogP contribution in [-0.2, 0) is 43.4 Å². The van der Waals surface area contributed by atoms with Gasteiger partial charge in [0, 0.05) is 48.2 Å². The molecule has 0 saturated carbocycles. The molecule has 1 aliphatic heterocycles. The Morgan fingerprint density at radius 2 is 1.53 bits per heavy atom. The van der Waals surface area contributed by atoms with Gasteiger partial charge in [-0.05, 0) is 46.5 Å². The number of ether oxygens (including phenoxy) is 3. The average molecular weight is 684 g/mol. The molecule has 0 aliphatic carbocycles. The van der Waals surface area contributed by atoms with Gasteiger partial charge in [-0.3, -0.25) is 4.79 Å². The second-order valence-electron chi connectivity index (χ2n) is 11.7. The molecule has 1 aliphatic rings. The lowest BCUT2D eigenvalue weighted by molar-refractivity contribution is -0.245. The molecular weight excluding hydrogens is 642 g/mol. The number of aliphatic hydroxyl groups excluding tert-OH is 1. The number of esters is 1. The van der Waals surface area contributed by atoms with Gasteiger partial charge in [0.05, 0.1) is 25.9 Å². The highest BCUT2D eigenvalue weighted by Gasteiger charge is 2.32. The Morgan fingerprint density at radius 3 is 2.18 bits per heavy atom. The summed E-state index contributed by atoms with van der Waals surface area (Å²) in [4.78, 5) is 37.5. The summed E-state index contributed by atoms with van der Waals surface area (Å²) < 4.78 is 17.8. The van der Waals surface area contributed by atoms with Crippen molar-refractivity contribution in [2.75, 3.05) is 18.2 Å². The number of benzene rings is 4. The van der Waals surface area contributed by atoms with Crippen LogP contribution in [0, 0.1) is 0 Å². The summed E-state index contributed by atoms with van der Waals surface area (Å²) in [6.07, 6.45) is 0.00875. The van der Waals surface area contributed by atoms with Crippen molar-refractivity contribution >= 4 is 35.4 Å². The molecule has 256 valence electrons. The van der Waals surface area contributed by atoms with Gasteiger partial charge < -0.3 is 35.3 Å². The van der Waals surface area contributed by atoms with Gasteiger partial charge in [-0.2, -0.15) is 0 Å². The van der Waals surface area contributed by atoms with Crippen LogP contribution in [0.15, 0.2) is 108 Å². The maximum atomic E-state index is 12.7. The first-order valence-electron chi connectivity index (χ1n) is 16.1. The van der Waals surface area contributed by atoms with Gasteiger partial charge in [0.1, 0.15) is 6.04 Å². The largest absolute Gasteiger partial charge is 0.467 e. The molecule has 1 heterocycles. The monoisotopic (exact) mass is 683 g/mol. The number of anilines is 1. The van der Waals surface area contributed by atoms with E-state index in [2.05, 4.69) is 16.0 Å². The van der Waals surface area contributed by atoms with Crippen LogP contribution in [0.2, 0.25) is 0 Å². The summed E-state index contributed by atoms with van der Waals surface area (Å²) in [5.74, 6) is 0.0617. The summed E-state index contributed by atoms with van der Waals surface area (Å²) in [6, 6.07) is 31.3. The van der Waals surface area contributed by atoms with Gasteiger partial charge in [0.2, 0.25) is 5.91 Å². The molecule has 4 unspecified atom stereocenters. The maximum absolute atomic E-state index is 12.7. The quantitative estimate of drug-likeness (QED) is 0.0988. The van der Waals surface area contributed by atoms with Crippen molar-refractivity contribution in [2.24, 2.45) is 0 Å². The lowest BCUT2D eigenvalue weighted by Crippen LogP contribution is -2.47. The highest BCUT2D eigenvalue weighted by atomic mass is 32.2. The molecule has 4 aromatic rings. The SMILES string of the molecule is COC(=O)C(Cc1ccccc1)NC(=O)NCc1ccc(C2OC(CSc3ccc(NC(C)=O)cc3)CC(c3ccc(CO)cc3)O2)cc1. The molecule has 1 saturated heterocycles. The van der Waals surface area contributed by atoms with Crippen LogP contribution < -0.4 is 16.0 Å². The summed E-state index contributed by atoms with van der Waals surface area (Å²) in [7, 11) is 1.30. The summed E-state index contributed by atoms with van der Waals surface area (Å²) in [5, 5.41) is 17.8. The third-order valence-electron chi connectivity index (χ3n) is 8.00. The zero-order valence-electron chi connectivity index (χ0n) is 27.5. The van der Waals surface area contributed by atoms with E-state index >= 15 is 0 Å². The molecule has 4 atom stereocenters. The number of rotatable bonds is 13. The summed E-state index contributed by atoms with van der Waals surface area (Å²) in [6.45, 7) is 1.70. The van der Waals surface area contributed by atoms with Crippen LogP contribution in [0.5, 0.6) is 0 Å². The Kier molecular flexibility index (Phi) is 12.8. The second-order valence-corrected chi connectivity index (χ2v) is 12.8. The topological polar surface area (TPSA) is 135 Å². The van der Waals surface area contributed by atoms with Gasteiger partial charge in [-0.25, -0.2) is 9.59 Å². The van der Waals surface area contributed by atoms with Crippen LogP contribution in [-0.4, -0.2) is 48.0 Å². The van der Waals surface area contributed by atoms with E-state index in [1.165, 1.54) is 14.0 Å². The van der Waals surface area contributed by atoms with E-state index in [9.17, 15) is 19.5 Å². The number of amides is 3.